The van der Waals surface area contributed by atoms with Crippen molar-refractivity contribution >= 4 is 35.3 Å². The molecule has 0 spiro atoms. The Morgan fingerprint density at radius 2 is 1.88 bits per heavy atom. The largest absolute Gasteiger partial charge is 0.362 e. The molecular weight excluding hydrogens is 446 g/mol. The number of nitrogens with zero attached hydrogens (tertiary/aromatic N) is 5. The van der Waals surface area contributed by atoms with E-state index in [2.05, 4.69) is 4.98 Å². The number of halogens is 1. The molecule has 0 bridgehead atoms. The first kappa shape index (κ1) is 23.1. The van der Waals surface area contributed by atoms with Crippen LogP contribution in [-0.4, -0.2) is 84.4 Å². The normalized spacial score (nSPS) is 19.1. The average Bonchev–Trinajstić information content (AvgIpc) is 2.81. The molecule has 0 aliphatic carbocycles. The standard InChI is InChI=1S/C23H26ClN5O4/c1-27(2)23-25-10-18(15-5-7-17(24)8-6-15)22(26-23)16-4-3-9-28(11-16)19(30)12-29-20(31)13-33-14-21(29)32/h5-8,10,16H,3-4,9,11-14H2,1-2H3/t16-/m1/s1. The fourth-order valence-electron chi connectivity index (χ4n) is 4.12. The second kappa shape index (κ2) is 9.84. The third kappa shape index (κ3) is 5.15. The second-order valence-electron chi connectivity index (χ2n) is 8.42. The van der Waals surface area contributed by atoms with E-state index in [0.717, 1.165) is 34.6 Å². The highest BCUT2D eigenvalue weighted by molar-refractivity contribution is 6.30. The first-order chi connectivity index (χ1) is 15.8. The van der Waals surface area contributed by atoms with Gasteiger partial charge in [0.05, 0.1) is 5.69 Å². The van der Waals surface area contributed by atoms with Crippen molar-refractivity contribution in [3.63, 3.8) is 0 Å². The molecule has 3 amide bonds. The van der Waals surface area contributed by atoms with Gasteiger partial charge in [-0.1, -0.05) is 23.7 Å². The van der Waals surface area contributed by atoms with E-state index >= 15 is 0 Å². The fourth-order valence-corrected chi connectivity index (χ4v) is 4.25. The van der Waals surface area contributed by atoms with Crippen LogP contribution in [-0.2, 0) is 19.1 Å². The number of carbonyl (C=O) groups excluding carboxylic acids is 3. The minimum atomic E-state index is -0.482. The molecule has 0 N–H and O–H groups in total. The van der Waals surface area contributed by atoms with Crippen molar-refractivity contribution in [2.75, 3.05) is 51.8 Å². The van der Waals surface area contributed by atoms with Crippen molar-refractivity contribution in [2.24, 2.45) is 0 Å². The summed E-state index contributed by atoms with van der Waals surface area (Å²) in [7, 11) is 3.77. The number of piperidine rings is 1. The molecule has 1 aromatic carbocycles. The molecule has 0 radical (unpaired) electrons. The Bertz CT molecular complexity index is 1040. The monoisotopic (exact) mass is 471 g/mol. The summed E-state index contributed by atoms with van der Waals surface area (Å²) < 4.78 is 4.93. The van der Waals surface area contributed by atoms with Crippen molar-refractivity contribution in [3.8, 4) is 11.1 Å². The molecule has 0 saturated carbocycles. The van der Waals surface area contributed by atoms with Gasteiger partial charge in [-0.2, -0.15) is 0 Å². The number of amides is 3. The van der Waals surface area contributed by atoms with Gasteiger partial charge in [-0.15, -0.1) is 0 Å². The first-order valence-electron chi connectivity index (χ1n) is 10.8. The van der Waals surface area contributed by atoms with Gasteiger partial charge in [-0.3, -0.25) is 19.3 Å². The van der Waals surface area contributed by atoms with E-state index in [1.807, 2.05) is 49.5 Å². The molecular formula is C23H26ClN5O4. The molecule has 1 atom stereocenters. The molecule has 2 fully saturated rings. The number of benzene rings is 1. The Morgan fingerprint density at radius 1 is 1.18 bits per heavy atom. The number of ether oxygens (including phenoxy) is 1. The third-order valence-electron chi connectivity index (χ3n) is 5.87. The lowest BCUT2D eigenvalue weighted by Gasteiger charge is -2.35. The van der Waals surface area contributed by atoms with Gasteiger partial charge in [-0.25, -0.2) is 9.97 Å². The molecule has 2 aliphatic rings. The van der Waals surface area contributed by atoms with Crippen LogP contribution in [0, 0.1) is 0 Å². The maximum atomic E-state index is 13.0. The SMILES string of the molecule is CN(C)c1ncc(-c2ccc(Cl)cc2)c([C@@H]2CCCN(C(=O)CN3C(=O)COCC3=O)C2)n1. The van der Waals surface area contributed by atoms with Gasteiger partial charge < -0.3 is 14.5 Å². The van der Waals surface area contributed by atoms with Crippen molar-refractivity contribution in [2.45, 2.75) is 18.8 Å². The Labute approximate surface area is 197 Å². The smallest absolute Gasteiger partial charge is 0.255 e. The van der Waals surface area contributed by atoms with Crippen LogP contribution in [0.25, 0.3) is 11.1 Å². The number of rotatable bonds is 5. The van der Waals surface area contributed by atoms with Gasteiger partial charge in [0.25, 0.3) is 11.8 Å². The average molecular weight is 472 g/mol. The minimum Gasteiger partial charge on any atom is -0.362 e. The summed E-state index contributed by atoms with van der Waals surface area (Å²) in [6.07, 6.45) is 3.47. The number of anilines is 1. The van der Waals surface area contributed by atoms with Crippen LogP contribution in [0.2, 0.25) is 5.02 Å². The number of aromatic nitrogens is 2. The topological polar surface area (TPSA) is 95.9 Å². The lowest BCUT2D eigenvalue weighted by molar-refractivity contribution is -0.161. The van der Waals surface area contributed by atoms with Gasteiger partial charge in [0.2, 0.25) is 11.9 Å². The fraction of sp³-hybridized carbons (Fsp3) is 0.435. The maximum Gasteiger partial charge on any atom is 0.255 e. The third-order valence-corrected chi connectivity index (χ3v) is 6.12. The van der Waals surface area contributed by atoms with Crippen LogP contribution >= 0.6 is 11.6 Å². The predicted octanol–water partition coefficient (Wildman–Crippen LogP) is 1.95. The zero-order valence-corrected chi connectivity index (χ0v) is 19.4. The first-order valence-corrected chi connectivity index (χ1v) is 11.2. The van der Waals surface area contributed by atoms with Gasteiger partial charge >= 0.3 is 0 Å². The van der Waals surface area contributed by atoms with Crippen molar-refractivity contribution in [1.82, 2.24) is 19.8 Å². The van der Waals surface area contributed by atoms with E-state index in [9.17, 15) is 14.4 Å². The molecule has 1 aromatic heterocycles. The van der Waals surface area contributed by atoms with E-state index in [4.69, 9.17) is 21.3 Å². The lowest BCUT2D eigenvalue weighted by Crippen LogP contribution is -2.52. The molecule has 4 rings (SSSR count). The molecule has 33 heavy (non-hydrogen) atoms. The molecule has 2 aliphatic heterocycles. The van der Waals surface area contributed by atoms with Gasteiger partial charge in [-0.05, 0) is 30.5 Å². The van der Waals surface area contributed by atoms with E-state index < -0.39 is 11.8 Å². The summed E-state index contributed by atoms with van der Waals surface area (Å²) in [5.41, 5.74) is 2.72. The van der Waals surface area contributed by atoms with Crippen molar-refractivity contribution in [3.05, 3.63) is 41.2 Å². The summed E-state index contributed by atoms with van der Waals surface area (Å²) in [4.78, 5) is 50.9. The second-order valence-corrected chi connectivity index (χ2v) is 8.85. The molecule has 3 heterocycles. The number of carbonyl (C=O) groups is 3. The Kier molecular flexibility index (Phi) is 6.90. The maximum absolute atomic E-state index is 13.0. The summed E-state index contributed by atoms with van der Waals surface area (Å²) in [5.74, 6) is -0.630. The van der Waals surface area contributed by atoms with Gasteiger partial charge in [0.15, 0.2) is 0 Å². The van der Waals surface area contributed by atoms with E-state index in [0.29, 0.717) is 24.1 Å². The summed E-state index contributed by atoms with van der Waals surface area (Å²) in [6, 6.07) is 7.52. The van der Waals surface area contributed by atoms with Crippen LogP contribution < -0.4 is 4.90 Å². The number of hydrogen-bond donors (Lipinski definition) is 0. The zero-order chi connectivity index (χ0) is 23.5. The summed E-state index contributed by atoms with van der Waals surface area (Å²) >= 11 is 6.07. The summed E-state index contributed by atoms with van der Waals surface area (Å²) in [5, 5.41) is 0.646. The van der Waals surface area contributed by atoms with Crippen molar-refractivity contribution < 1.29 is 19.1 Å². The molecule has 2 saturated heterocycles. The highest BCUT2D eigenvalue weighted by Crippen LogP contribution is 2.34. The molecule has 9 nitrogen and oxygen atoms in total. The highest BCUT2D eigenvalue weighted by atomic mass is 35.5. The molecule has 0 unspecified atom stereocenters. The number of imide groups is 1. The van der Waals surface area contributed by atoms with Crippen LogP contribution in [0.4, 0.5) is 5.95 Å². The van der Waals surface area contributed by atoms with Gasteiger partial charge in [0, 0.05) is 49.9 Å². The van der Waals surface area contributed by atoms with E-state index in [1.54, 1.807) is 4.90 Å². The van der Waals surface area contributed by atoms with Crippen LogP contribution in [0.3, 0.4) is 0 Å². The highest BCUT2D eigenvalue weighted by Gasteiger charge is 2.33. The Hall–Kier alpha value is -3.04. The number of likely N-dealkylation sites (tertiary alicyclic amines) is 1. The van der Waals surface area contributed by atoms with Crippen LogP contribution in [0.15, 0.2) is 30.5 Å². The van der Waals surface area contributed by atoms with Gasteiger partial charge in [0.1, 0.15) is 19.8 Å². The Balaban J connectivity index is 1.58. The zero-order valence-electron chi connectivity index (χ0n) is 18.7. The van der Waals surface area contributed by atoms with Crippen LogP contribution in [0.5, 0.6) is 0 Å². The minimum absolute atomic E-state index is 0.00818. The molecule has 174 valence electrons. The number of morpholine rings is 1. The quantitative estimate of drug-likeness (QED) is 0.615. The Morgan fingerprint density at radius 3 is 2.55 bits per heavy atom. The summed E-state index contributed by atoms with van der Waals surface area (Å²) in [6.45, 7) is 0.408. The molecule has 10 heteroatoms. The predicted molar refractivity (Wildman–Crippen MR) is 123 cm³/mol. The van der Waals surface area contributed by atoms with E-state index in [1.165, 1.54) is 0 Å². The molecule has 2 aromatic rings. The van der Waals surface area contributed by atoms with Crippen LogP contribution in [0.1, 0.15) is 24.5 Å². The van der Waals surface area contributed by atoms with Crippen molar-refractivity contribution in [1.29, 1.82) is 0 Å². The lowest BCUT2D eigenvalue weighted by atomic mass is 9.90. The van der Waals surface area contributed by atoms with E-state index in [-0.39, 0.29) is 31.6 Å². The number of hydrogen-bond acceptors (Lipinski definition) is 7.